The first-order valence-electron chi connectivity index (χ1n) is 12.3. The lowest BCUT2D eigenvalue weighted by molar-refractivity contribution is -0.139. The van der Waals surface area contributed by atoms with Gasteiger partial charge in [0.05, 0.1) is 23.6 Å². The molecule has 0 saturated carbocycles. The third-order valence-electron chi connectivity index (χ3n) is 6.93. The zero-order valence-corrected chi connectivity index (χ0v) is 22.1. The molecule has 11 heteroatoms. The minimum absolute atomic E-state index is 0. The second-order valence-electron chi connectivity index (χ2n) is 9.47. The largest absolute Gasteiger partial charge is 0.416 e. The normalized spacial score (nSPS) is 15.4. The first-order valence-corrected chi connectivity index (χ1v) is 12.3. The number of hydrogen-bond donors (Lipinski definition) is 0. The van der Waals surface area contributed by atoms with Crippen LogP contribution in [0.5, 0.6) is 0 Å². The number of anilines is 1. The van der Waals surface area contributed by atoms with Crippen LogP contribution in [0.3, 0.4) is 0 Å². The number of carbonyl (C=O) groups is 1. The number of hydrogen-bond acceptors (Lipinski definition) is 5. The fourth-order valence-electron chi connectivity index (χ4n) is 4.96. The Morgan fingerprint density at radius 2 is 1.73 bits per heavy atom. The molecule has 0 bridgehead atoms. The standard InChI is InChI=1S/C29H23F4N5O.ClH/c1-18-17-37(26(39)14-21-10-11-22(30)15-25(21)29(31,32)33)12-13-38(18)28-24-5-3-2-4-23(24)27(35-36-28)20-8-6-19(16-34)7-9-20;/h2-11,15,18H,12-14,17H2,1H3;1H/t18-;/m0./s1. The van der Waals surface area contributed by atoms with Gasteiger partial charge < -0.3 is 9.80 Å². The Bertz CT molecular complexity index is 1590. The molecule has 40 heavy (non-hydrogen) atoms. The van der Waals surface area contributed by atoms with Crippen molar-refractivity contribution >= 4 is 34.9 Å². The van der Waals surface area contributed by atoms with Crippen molar-refractivity contribution in [3.63, 3.8) is 0 Å². The summed E-state index contributed by atoms with van der Waals surface area (Å²) in [5.41, 5.74) is 0.667. The Hall–Kier alpha value is -4.23. The fourth-order valence-corrected chi connectivity index (χ4v) is 4.96. The Morgan fingerprint density at radius 3 is 2.38 bits per heavy atom. The van der Waals surface area contributed by atoms with Gasteiger partial charge in [0.1, 0.15) is 11.5 Å². The monoisotopic (exact) mass is 569 g/mol. The van der Waals surface area contributed by atoms with E-state index in [2.05, 4.69) is 16.3 Å². The quantitative estimate of drug-likeness (QED) is 0.281. The highest BCUT2D eigenvalue weighted by atomic mass is 35.5. The van der Waals surface area contributed by atoms with Crippen LogP contribution in [-0.4, -0.2) is 46.7 Å². The van der Waals surface area contributed by atoms with Crippen LogP contribution in [0.4, 0.5) is 23.4 Å². The molecule has 1 atom stereocenters. The van der Waals surface area contributed by atoms with Crippen LogP contribution in [0, 0.1) is 17.1 Å². The molecule has 0 aliphatic carbocycles. The number of rotatable bonds is 4. The summed E-state index contributed by atoms with van der Waals surface area (Å²) in [5.74, 6) is -0.800. The highest BCUT2D eigenvalue weighted by Gasteiger charge is 2.35. The van der Waals surface area contributed by atoms with Crippen LogP contribution in [0.1, 0.15) is 23.6 Å². The molecule has 6 nitrogen and oxygen atoms in total. The van der Waals surface area contributed by atoms with Crippen LogP contribution in [0.2, 0.25) is 0 Å². The van der Waals surface area contributed by atoms with E-state index < -0.39 is 29.9 Å². The van der Waals surface area contributed by atoms with E-state index in [1.807, 2.05) is 48.2 Å². The number of nitriles is 1. The second kappa shape index (κ2) is 11.5. The second-order valence-corrected chi connectivity index (χ2v) is 9.47. The average molecular weight is 570 g/mol. The maximum Gasteiger partial charge on any atom is 0.416 e. The van der Waals surface area contributed by atoms with Crippen molar-refractivity contribution in [1.29, 1.82) is 5.26 Å². The number of amides is 1. The van der Waals surface area contributed by atoms with E-state index in [4.69, 9.17) is 5.26 Å². The molecule has 0 spiro atoms. The van der Waals surface area contributed by atoms with E-state index in [9.17, 15) is 22.4 Å². The van der Waals surface area contributed by atoms with Crippen LogP contribution >= 0.6 is 12.4 Å². The van der Waals surface area contributed by atoms with Gasteiger partial charge in [0.25, 0.3) is 0 Å². The lowest BCUT2D eigenvalue weighted by Gasteiger charge is -2.41. The first kappa shape index (κ1) is 28.8. The number of nitrogens with zero attached hydrogens (tertiary/aromatic N) is 5. The summed E-state index contributed by atoms with van der Waals surface area (Å²) in [7, 11) is 0. The maximum atomic E-state index is 13.5. The molecule has 0 unspecified atom stereocenters. The van der Waals surface area contributed by atoms with E-state index >= 15 is 0 Å². The molecule has 1 aromatic heterocycles. The van der Waals surface area contributed by atoms with E-state index in [1.165, 1.54) is 4.90 Å². The number of halogens is 5. The smallest absolute Gasteiger partial charge is 0.348 e. The van der Waals surface area contributed by atoms with E-state index in [-0.39, 0.29) is 30.6 Å². The van der Waals surface area contributed by atoms with Crippen LogP contribution in [-0.2, 0) is 17.4 Å². The zero-order chi connectivity index (χ0) is 27.7. The average Bonchev–Trinajstić information content (AvgIpc) is 2.93. The fraction of sp³-hybridized carbons (Fsp3) is 0.241. The molecule has 1 aliphatic rings. The summed E-state index contributed by atoms with van der Waals surface area (Å²) in [4.78, 5) is 16.6. The van der Waals surface area contributed by atoms with Gasteiger partial charge in [-0.2, -0.15) is 18.4 Å². The predicted molar refractivity (Wildman–Crippen MR) is 145 cm³/mol. The molecule has 0 radical (unpaired) electrons. The molecule has 1 aliphatic heterocycles. The van der Waals surface area contributed by atoms with Crippen molar-refractivity contribution in [3.8, 4) is 17.3 Å². The van der Waals surface area contributed by atoms with Crippen LogP contribution in [0.25, 0.3) is 22.0 Å². The van der Waals surface area contributed by atoms with Crippen molar-refractivity contribution in [2.75, 3.05) is 24.5 Å². The van der Waals surface area contributed by atoms with E-state index in [1.54, 1.807) is 12.1 Å². The van der Waals surface area contributed by atoms with Crippen molar-refractivity contribution in [3.05, 3.63) is 89.2 Å². The number of alkyl halides is 3. The van der Waals surface area contributed by atoms with Gasteiger partial charge in [-0.25, -0.2) is 4.39 Å². The van der Waals surface area contributed by atoms with Crippen molar-refractivity contribution < 1.29 is 22.4 Å². The highest BCUT2D eigenvalue weighted by molar-refractivity contribution is 6.00. The lowest BCUT2D eigenvalue weighted by atomic mass is 10.0. The molecule has 2 heterocycles. The van der Waals surface area contributed by atoms with E-state index in [0.717, 1.165) is 28.5 Å². The molecule has 1 amide bonds. The molecular formula is C29H24ClF4N5O. The molecule has 0 N–H and O–H groups in total. The minimum atomic E-state index is -4.76. The maximum absolute atomic E-state index is 13.5. The molecule has 3 aromatic carbocycles. The Kier molecular flexibility index (Phi) is 8.26. The topological polar surface area (TPSA) is 73.1 Å². The number of carbonyl (C=O) groups excluding carboxylic acids is 1. The van der Waals surface area contributed by atoms with Gasteiger partial charge in [-0.1, -0.05) is 42.5 Å². The number of fused-ring (bicyclic) bond motifs is 1. The Balaban J connectivity index is 0.00000370. The van der Waals surface area contributed by atoms with Crippen molar-refractivity contribution in [2.45, 2.75) is 25.6 Å². The summed E-state index contributed by atoms with van der Waals surface area (Å²) in [6.07, 6.45) is -5.22. The van der Waals surface area contributed by atoms with E-state index in [0.29, 0.717) is 36.2 Å². The predicted octanol–water partition coefficient (Wildman–Crippen LogP) is 6.03. The molecule has 206 valence electrons. The number of piperazine rings is 1. The highest BCUT2D eigenvalue weighted by Crippen LogP contribution is 2.34. The summed E-state index contributed by atoms with van der Waals surface area (Å²) in [5, 5.41) is 19.9. The van der Waals surface area contributed by atoms with Crippen LogP contribution < -0.4 is 4.90 Å². The summed E-state index contributed by atoms with van der Waals surface area (Å²) in [6, 6.07) is 19.1. The summed E-state index contributed by atoms with van der Waals surface area (Å²) < 4.78 is 53.7. The third kappa shape index (κ3) is 5.70. The minimum Gasteiger partial charge on any atom is -0.348 e. The Morgan fingerprint density at radius 1 is 1.02 bits per heavy atom. The van der Waals surface area contributed by atoms with Gasteiger partial charge in [0.15, 0.2) is 5.82 Å². The number of aromatic nitrogens is 2. The van der Waals surface area contributed by atoms with Crippen LogP contribution in [0.15, 0.2) is 66.7 Å². The summed E-state index contributed by atoms with van der Waals surface area (Å²) >= 11 is 0. The molecule has 1 saturated heterocycles. The summed E-state index contributed by atoms with van der Waals surface area (Å²) in [6.45, 7) is 2.91. The van der Waals surface area contributed by atoms with Gasteiger partial charge in [-0.05, 0) is 36.8 Å². The molecule has 1 fully saturated rings. The van der Waals surface area contributed by atoms with Gasteiger partial charge in [0, 0.05) is 42.0 Å². The lowest BCUT2D eigenvalue weighted by Crippen LogP contribution is -2.54. The SMILES string of the molecule is C[C@H]1CN(C(=O)Cc2ccc(F)cc2C(F)(F)F)CCN1c1nnc(-c2ccc(C#N)cc2)c2ccccc12.Cl. The molecule has 4 aromatic rings. The van der Waals surface area contributed by atoms with Crippen molar-refractivity contribution in [2.24, 2.45) is 0 Å². The van der Waals surface area contributed by atoms with Gasteiger partial charge in [-0.3, -0.25) is 4.79 Å². The van der Waals surface area contributed by atoms with Crippen molar-refractivity contribution in [1.82, 2.24) is 15.1 Å². The zero-order valence-electron chi connectivity index (χ0n) is 21.3. The molecule has 5 rings (SSSR count). The molecular weight excluding hydrogens is 546 g/mol. The third-order valence-corrected chi connectivity index (χ3v) is 6.93. The van der Waals surface area contributed by atoms with Gasteiger partial charge in [0.2, 0.25) is 5.91 Å². The first-order chi connectivity index (χ1) is 18.7. The van der Waals surface area contributed by atoms with Gasteiger partial charge >= 0.3 is 6.18 Å². The Labute approximate surface area is 234 Å². The van der Waals surface area contributed by atoms with Gasteiger partial charge in [-0.15, -0.1) is 22.6 Å². The number of benzene rings is 3.